The predicted molar refractivity (Wildman–Crippen MR) is 59.4 cm³/mol. The number of aromatic nitrogens is 3. The van der Waals surface area contributed by atoms with Crippen LogP contribution in [0.5, 0.6) is 0 Å². The smallest absolute Gasteiger partial charge is 0.223 e. The van der Waals surface area contributed by atoms with Crippen LogP contribution >= 0.6 is 11.6 Å². The number of anilines is 1. The van der Waals surface area contributed by atoms with Crippen LogP contribution in [-0.2, 0) is 0 Å². The molecule has 0 aliphatic heterocycles. The molecule has 0 saturated carbocycles. The van der Waals surface area contributed by atoms with Crippen molar-refractivity contribution < 1.29 is 4.39 Å². The first kappa shape index (κ1) is 10.8. The number of nitrogen functional groups attached to an aromatic ring is 1. The Hall–Kier alpha value is -1.75. The summed E-state index contributed by atoms with van der Waals surface area (Å²) in [5, 5.41) is 0.410. The van der Waals surface area contributed by atoms with Crippen LogP contribution in [-0.4, -0.2) is 15.0 Å². The van der Waals surface area contributed by atoms with Crippen molar-refractivity contribution in [3.63, 3.8) is 0 Å². The maximum atomic E-state index is 13.5. The van der Waals surface area contributed by atoms with Gasteiger partial charge in [0.1, 0.15) is 11.6 Å². The van der Waals surface area contributed by atoms with Gasteiger partial charge in [-0.2, -0.15) is 9.97 Å². The van der Waals surface area contributed by atoms with E-state index in [1.54, 1.807) is 6.92 Å². The third kappa shape index (κ3) is 2.09. The Labute approximate surface area is 96.3 Å². The Morgan fingerprint density at radius 2 is 2.00 bits per heavy atom. The molecule has 82 valence electrons. The SMILES string of the molecule is Cc1nc(N)nc(-c2cc(Cl)ccc2F)n1. The van der Waals surface area contributed by atoms with Crippen LogP contribution in [0, 0.1) is 12.7 Å². The Balaban J connectivity index is 2.62. The largest absolute Gasteiger partial charge is 0.368 e. The van der Waals surface area contributed by atoms with Gasteiger partial charge in [0.05, 0.1) is 5.56 Å². The molecule has 4 nitrogen and oxygen atoms in total. The lowest BCUT2D eigenvalue weighted by Crippen LogP contribution is -2.02. The van der Waals surface area contributed by atoms with Crippen LogP contribution in [0.3, 0.4) is 0 Å². The molecule has 0 fully saturated rings. The zero-order valence-corrected chi connectivity index (χ0v) is 9.16. The lowest BCUT2D eigenvalue weighted by molar-refractivity contribution is 0.629. The van der Waals surface area contributed by atoms with Gasteiger partial charge < -0.3 is 5.73 Å². The van der Waals surface area contributed by atoms with Gasteiger partial charge in [0.15, 0.2) is 5.82 Å². The van der Waals surface area contributed by atoms with Gasteiger partial charge >= 0.3 is 0 Å². The minimum atomic E-state index is -0.450. The molecule has 1 aromatic heterocycles. The van der Waals surface area contributed by atoms with Gasteiger partial charge in [0.25, 0.3) is 0 Å². The highest BCUT2D eigenvalue weighted by atomic mass is 35.5. The summed E-state index contributed by atoms with van der Waals surface area (Å²) in [6.07, 6.45) is 0. The van der Waals surface area contributed by atoms with Crippen LogP contribution in [0.25, 0.3) is 11.4 Å². The van der Waals surface area contributed by atoms with Gasteiger partial charge in [-0.1, -0.05) is 11.6 Å². The molecule has 0 spiro atoms. The van der Waals surface area contributed by atoms with Gasteiger partial charge in [-0.3, -0.25) is 0 Å². The van der Waals surface area contributed by atoms with Crippen molar-refractivity contribution in [2.24, 2.45) is 0 Å². The van der Waals surface area contributed by atoms with Gasteiger partial charge in [-0.05, 0) is 25.1 Å². The Kier molecular flexibility index (Phi) is 2.70. The molecule has 6 heteroatoms. The van der Waals surface area contributed by atoms with E-state index in [9.17, 15) is 4.39 Å². The van der Waals surface area contributed by atoms with E-state index >= 15 is 0 Å². The molecule has 1 aromatic carbocycles. The minimum Gasteiger partial charge on any atom is -0.368 e. The lowest BCUT2D eigenvalue weighted by atomic mass is 10.2. The number of nitrogens with zero attached hydrogens (tertiary/aromatic N) is 3. The molecule has 16 heavy (non-hydrogen) atoms. The summed E-state index contributed by atoms with van der Waals surface area (Å²) in [7, 11) is 0. The first-order valence-corrected chi connectivity index (χ1v) is 4.87. The Morgan fingerprint density at radius 1 is 1.25 bits per heavy atom. The zero-order chi connectivity index (χ0) is 11.7. The fourth-order valence-electron chi connectivity index (χ4n) is 1.29. The van der Waals surface area contributed by atoms with Crippen LogP contribution in [0.4, 0.5) is 10.3 Å². The molecule has 2 N–H and O–H groups in total. The highest BCUT2D eigenvalue weighted by molar-refractivity contribution is 6.30. The second-order valence-corrected chi connectivity index (χ2v) is 3.63. The Bertz CT molecular complexity index is 524. The molecule has 0 aliphatic carbocycles. The van der Waals surface area contributed by atoms with Gasteiger partial charge in [-0.15, -0.1) is 0 Å². The summed E-state index contributed by atoms with van der Waals surface area (Å²) in [6, 6.07) is 4.16. The number of halogens is 2. The van der Waals surface area contributed by atoms with E-state index in [2.05, 4.69) is 15.0 Å². The monoisotopic (exact) mass is 238 g/mol. The Morgan fingerprint density at radius 3 is 2.69 bits per heavy atom. The van der Waals surface area contributed by atoms with E-state index in [0.29, 0.717) is 10.8 Å². The molecular formula is C10H8ClFN4. The predicted octanol–water partition coefficient (Wildman–Crippen LogP) is 2.22. The molecule has 0 bridgehead atoms. The fraction of sp³-hybridized carbons (Fsp3) is 0.100. The standard InChI is InChI=1S/C10H8ClFN4/c1-5-14-9(16-10(13)15-5)7-4-6(11)2-3-8(7)12/h2-4H,1H3,(H2,13,14,15,16). The summed E-state index contributed by atoms with van der Waals surface area (Å²) >= 11 is 5.78. The second-order valence-electron chi connectivity index (χ2n) is 3.19. The highest BCUT2D eigenvalue weighted by Crippen LogP contribution is 2.23. The molecule has 2 rings (SSSR count). The van der Waals surface area contributed by atoms with Crippen LogP contribution in [0.1, 0.15) is 5.82 Å². The van der Waals surface area contributed by atoms with Crippen LogP contribution in [0.2, 0.25) is 5.02 Å². The summed E-state index contributed by atoms with van der Waals surface area (Å²) in [5.41, 5.74) is 5.68. The maximum absolute atomic E-state index is 13.5. The van der Waals surface area contributed by atoms with Crippen molar-refractivity contribution in [3.05, 3.63) is 34.9 Å². The van der Waals surface area contributed by atoms with Gasteiger partial charge in [0.2, 0.25) is 5.95 Å². The molecule has 0 amide bonds. The van der Waals surface area contributed by atoms with Gasteiger partial charge in [-0.25, -0.2) is 9.37 Å². The molecule has 0 atom stereocenters. The van der Waals surface area contributed by atoms with Crippen LogP contribution < -0.4 is 5.73 Å². The van der Waals surface area contributed by atoms with Crippen molar-refractivity contribution in [3.8, 4) is 11.4 Å². The highest BCUT2D eigenvalue weighted by Gasteiger charge is 2.10. The average molecular weight is 239 g/mol. The van der Waals surface area contributed by atoms with E-state index in [4.69, 9.17) is 17.3 Å². The van der Waals surface area contributed by atoms with E-state index < -0.39 is 5.82 Å². The number of rotatable bonds is 1. The number of nitrogens with two attached hydrogens (primary N) is 1. The number of aryl methyl sites for hydroxylation is 1. The van der Waals surface area contributed by atoms with Gasteiger partial charge in [0, 0.05) is 5.02 Å². The summed E-state index contributed by atoms with van der Waals surface area (Å²) in [6.45, 7) is 1.66. The first-order valence-electron chi connectivity index (χ1n) is 4.50. The van der Waals surface area contributed by atoms with Crippen molar-refractivity contribution in [2.75, 3.05) is 5.73 Å². The van der Waals surface area contributed by atoms with Crippen molar-refractivity contribution >= 4 is 17.5 Å². The van der Waals surface area contributed by atoms with E-state index in [0.717, 1.165) is 0 Å². The normalized spacial score (nSPS) is 10.4. The zero-order valence-electron chi connectivity index (χ0n) is 8.41. The lowest BCUT2D eigenvalue weighted by Gasteiger charge is -2.04. The molecule has 1 heterocycles. The number of benzene rings is 1. The molecule has 0 saturated heterocycles. The topological polar surface area (TPSA) is 64.7 Å². The summed E-state index contributed by atoms with van der Waals surface area (Å²) < 4.78 is 13.5. The molecule has 0 aliphatic rings. The third-order valence-electron chi connectivity index (χ3n) is 1.93. The summed E-state index contributed by atoms with van der Waals surface area (Å²) in [5.74, 6) is 0.225. The molecular weight excluding hydrogens is 231 g/mol. The van der Waals surface area contributed by atoms with E-state index in [1.165, 1.54) is 18.2 Å². The van der Waals surface area contributed by atoms with Crippen molar-refractivity contribution in [1.29, 1.82) is 0 Å². The quantitative estimate of drug-likeness (QED) is 0.827. The van der Waals surface area contributed by atoms with Crippen molar-refractivity contribution in [1.82, 2.24) is 15.0 Å². The second kappa shape index (κ2) is 4.02. The minimum absolute atomic E-state index is 0.0573. The molecule has 2 aromatic rings. The van der Waals surface area contributed by atoms with Crippen LogP contribution in [0.15, 0.2) is 18.2 Å². The molecule has 0 unspecified atom stereocenters. The third-order valence-corrected chi connectivity index (χ3v) is 2.17. The fourth-order valence-corrected chi connectivity index (χ4v) is 1.46. The van der Waals surface area contributed by atoms with E-state index in [-0.39, 0.29) is 17.3 Å². The molecule has 0 radical (unpaired) electrons. The number of hydrogen-bond acceptors (Lipinski definition) is 4. The summed E-state index contributed by atoms with van der Waals surface area (Å²) in [4.78, 5) is 11.7. The van der Waals surface area contributed by atoms with E-state index in [1.807, 2.05) is 0 Å². The maximum Gasteiger partial charge on any atom is 0.223 e. The average Bonchev–Trinajstić information content (AvgIpc) is 2.20. The first-order chi connectivity index (χ1) is 7.56. The van der Waals surface area contributed by atoms with Crippen molar-refractivity contribution in [2.45, 2.75) is 6.92 Å². The number of hydrogen-bond donors (Lipinski definition) is 1.